The first-order chi connectivity index (χ1) is 19.1. The number of ether oxygens (including phenoxy) is 3. The third kappa shape index (κ3) is 8.45. The van der Waals surface area contributed by atoms with Gasteiger partial charge < -0.3 is 29.8 Å². The Morgan fingerprint density at radius 1 is 1.12 bits per heavy atom. The number of hydrogen-bond acceptors (Lipinski definition) is 8. The Bertz CT molecular complexity index is 1420. The van der Waals surface area contributed by atoms with Crippen molar-refractivity contribution in [2.45, 2.75) is 64.7 Å². The molecule has 3 atom stereocenters. The van der Waals surface area contributed by atoms with Gasteiger partial charge in [0.15, 0.2) is 0 Å². The van der Waals surface area contributed by atoms with Crippen molar-refractivity contribution in [3.05, 3.63) is 66.2 Å². The number of nitrogens with zero attached hydrogens (tertiary/aromatic N) is 1. The van der Waals surface area contributed by atoms with Crippen LogP contribution in [0.25, 0.3) is 22.2 Å². The molecule has 1 aliphatic carbocycles. The van der Waals surface area contributed by atoms with Gasteiger partial charge in [0.25, 0.3) is 0 Å². The third-order valence-electron chi connectivity index (χ3n) is 6.56. The Labute approximate surface area is 258 Å². The molecule has 218 valence electrons. The molecule has 2 unspecified atom stereocenters. The maximum absolute atomic E-state index is 13.3. The summed E-state index contributed by atoms with van der Waals surface area (Å²) in [6.07, 6.45) is 4.28. The number of methoxy groups -OCH3 is 1. The fourth-order valence-electron chi connectivity index (χ4n) is 4.68. The van der Waals surface area contributed by atoms with E-state index >= 15 is 0 Å². The predicted octanol–water partition coefficient (Wildman–Crippen LogP) is 2.17. The Kier molecular flexibility index (Phi) is 12.4. The number of esters is 1. The standard InChI is InChI=1S/C32H35N2O6.Li.H2O/c1-6-10-26(31(37)40-32(2,3)4)34-30(36)25-16-23(15-21(25)19-35)39-29-18-27(20-11-8-7-9-12-20)33-28-17-22(38-5)13-14-24(28)29;;/h7-9,11-15,17-18,23,25-26H,6,10,16H2,1-5H3,(H,34,36);;1H2/q-1;+1;/p-1/t23?,25?,26-;;/m0../s1. The third-order valence-corrected chi connectivity index (χ3v) is 6.56. The number of carbonyl (C=O) groups excluding carboxylic acids is 3. The quantitative estimate of drug-likeness (QED) is 0.224. The van der Waals surface area contributed by atoms with Crippen LogP contribution < -0.4 is 33.7 Å². The fourth-order valence-corrected chi connectivity index (χ4v) is 4.68. The smallest absolute Gasteiger partial charge is 0.870 e. The molecule has 0 fully saturated rings. The molecule has 0 radical (unpaired) electrons. The second kappa shape index (κ2) is 15.0. The van der Waals surface area contributed by atoms with Gasteiger partial charge in [-0.25, -0.2) is 9.78 Å². The molecule has 0 spiro atoms. The molecule has 9 nitrogen and oxygen atoms in total. The van der Waals surface area contributed by atoms with Gasteiger partial charge >= 0.3 is 24.8 Å². The number of hydrogen-bond donors (Lipinski definition) is 1. The fraction of sp³-hybridized carbons (Fsp3) is 0.375. The van der Waals surface area contributed by atoms with E-state index in [0.29, 0.717) is 29.9 Å². The number of rotatable bonds is 10. The van der Waals surface area contributed by atoms with E-state index in [4.69, 9.17) is 19.2 Å². The van der Waals surface area contributed by atoms with Crippen molar-refractivity contribution < 1.29 is 52.9 Å². The summed E-state index contributed by atoms with van der Waals surface area (Å²) in [5, 5.41) is 3.56. The van der Waals surface area contributed by atoms with Crippen molar-refractivity contribution in [3.63, 3.8) is 0 Å². The maximum Gasteiger partial charge on any atom is 1.00 e. The Hall–Kier alpha value is -3.64. The molecule has 1 aliphatic rings. The number of pyridine rings is 1. The number of carbonyl (C=O) groups is 2. The van der Waals surface area contributed by atoms with Crippen LogP contribution in [0.3, 0.4) is 0 Å². The van der Waals surface area contributed by atoms with Crippen LogP contribution in [0.2, 0.25) is 0 Å². The van der Waals surface area contributed by atoms with E-state index in [1.807, 2.05) is 67.8 Å². The molecule has 4 rings (SSSR count). The van der Waals surface area contributed by atoms with Crippen molar-refractivity contribution in [1.29, 1.82) is 0 Å². The average Bonchev–Trinajstić information content (AvgIpc) is 3.34. The summed E-state index contributed by atoms with van der Waals surface area (Å²) in [5.74, 6) is -0.499. The van der Waals surface area contributed by atoms with Gasteiger partial charge in [0.05, 0.1) is 24.4 Å². The number of benzene rings is 2. The van der Waals surface area contributed by atoms with Crippen LogP contribution in [-0.4, -0.2) is 53.5 Å². The van der Waals surface area contributed by atoms with E-state index in [0.717, 1.165) is 16.6 Å². The van der Waals surface area contributed by atoms with Crippen LogP contribution in [0.4, 0.5) is 0 Å². The van der Waals surface area contributed by atoms with E-state index in [1.54, 1.807) is 34.0 Å². The van der Waals surface area contributed by atoms with Crippen molar-refractivity contribution in [3.8, 4) is 22.8 Å². The molecule has 0 aliphatic heterocycles. The average molecular weight is 568 g/mol. The summed E-state index contributed by atoms with van der Waals surface area (Å²) < 4.78 is 17.3. The summed E-state index contributed by atoms with van der Waals surface area (Å²) in [7, 11) is 1.60. The summed E-state index contributed by atoms with van der Waals surface area (Å²) in [6.45, 7) is 7.25. The van der Waals surface area contributed by atoms with Crippen LogP contribution >= 0.6 is 0 Å². The number of fused-ring (bicyclic) bond motifs is 1. The second-order valence-corrected chi connectivity index (χ2v) is 10.8. The van der Waals surface area contributed by atoms with E-state index in [1.165, 1.54) is 0 Å². The summed E-state index contributed by atoms with van der Waals surface area (Å²) in [5.41, 5.74) is 1.84. The molecule has 10 heteroatoms. The molecule has 1 amide bonds. The zero-order chi connectivity index (χ0) is 28.9. The zero-order valence-electron chi connectivity index (χ0n) is 25.0. The molecule has 2 N–H and O–H groups in total. The number of amides is 1. The Morgan fingerprint density at radius 2 is 1.83 bits per heavy atom. The molecule has 2 aromatic carbocycles. The molecule has 1 aromatic heterocycles. The topological polar surface area (TPSA) is 134 Å². The van der Waals surface area contributed by atoms with Gasteiger partial charge in [-0.3, -0.25) is 4.79 Å². The minimum atomic E-state index is -0.808. The molecular formula is C32H36LiN2O7-. The van der Waals surface area contributed by atoms with Gasteiger partial charge in [0.2, 0.25) is 5.91 Å². The van der Waals surface area contributed by atoms with E-state index in [-0.39, 0.29) is 36.3 Å². The van der Waals surface area contributed by atoms with Crippen molar-refractivity contribution in [2.75, 3.05) is 7.11 Å². The van der Waals surface area contributed by atoms with Crippen molar-refractivity contribution in [1.82, 2.24) is 10.3 Å². The molecular weight excluding hydrogens is 531 g/mol. The van der Waals surface area contributed by atoms with Crippen LogP contribution in [-0.2, 0) is 19.1 Å². The van der Waals surface area contributed by atoms with Gasteiger partial charge in [-0.05, 0) is 52.0 Å². The normalized spacial score (nSPS) is 16.7. The largest absolute Gasteiger partial charge is 1.00 e. The predicted molar refractivity (Wildman–Crippen MR) is 155 cm³/mol. The van der Waals surface area contributed by atoms with Gasteiger partial charge in [0, 0.05) is 29.0 Å². The van der Waals surface area contributed by atoms with E-state index < -0.39 is 35.5 Å². The molecule has 0 bridgehead atoms. The molecule has 3 aromatic rings. The molecule has 1 heterocycles. The van der Waals surface area contributed by atoms with Gasteiger partial charge in [-0.2, -0.15) is 11.6 Å². The van der Waals surface area contributed by atoms with Crippen molar-refractivity contribution >= 4 is 29.1 Å². The van der Waals surface area contributed by atoms with E-state index in [9.17, 15) is 14.4 Å². The van der Waals surface area contributed by atoms with Crippen LogP contribution in [0, 0.1) is 5.92 Å². The minimum absolute atomic E-state index is 0. The minimum Gasteiger partial charge on any atom is -0.870 e. The molecule has 0 saturated heterocycles. The Morgan fingerprint density at radius 3 is 2.45 bits per heavy atom. The maximum atomic E-state index is 13.3. The first-order valence-corrected chi connectivity index (χ1v) is 13.5. The van der Waals surface area contributed by atoms with Gasteiger partial charge in [-0.1, -0.05) is 43.7 Å². The van der Waals surface area contributed by atoms with Crippen LogP contribution in [0.5, 0.6) is 11.5 Å². The number of aromatic nitrogens is 1. The monoisotopic (exact) mass is 567 g/mol. The first kappa shape index (κ1) is 34.6. The second-order valence-electron chi connectivity index (χ2n) is 10.8. The summed E-state index contributed by atoms with van der Waals surface area (Å²) >= 11 is 0. The number of nitrogens with one attached hydrogen (secondary N) is 1. The summed E-state index contributed by atoms with van der Waals surface area (Å²) in [6, 6.07) is 16.3. The van der Waals surface area contributed by atoms with Crippen LogP contribution in [0.15, 0.2) is 66.2 Å². The Balaban J connectivity index is 0.00000308. The van der Waals surface area contributed by atoms with E-state index in [2.05, 4.69) is 5.32 Å². The summed E-state index contributed by atoms with van der Waals surface area (Å²) in [4.78, 5) is 42.6. The van der Waals surface area contributed by atoms with Crippen molar-refractivity contribution in [2.24, 2.45) is 5.92 Å². The zero-order valence-corrected chi connectivity index (χ0v) is 25.0. The van der Waals surface area contributed by atoms with Crippen LogP contribution in [0.1, 0.15) is 47.0 Å². The van der Waals surface area contributed by atoms with Gasteiger partial charge in [0.1, 0.15) is 23.1 Å². The first-order valence-electron chi connectivity index (χ1n) is 13.5. The SMILES string of the molecule is CCC[C@H](NC(=O)C1CC(Oc2cc(-c3ccccc3)nc3cc(OC)ccc23)C=C1[C-]=O)C(=O)OC(C)(C)C.[Li+].[OH-]. The molecule has 42 heavy (non-hydrogen) atoms. The molecule has 0 saturated carbocycles. The van der Waals surface area contributed by atoms with Gasteiger partial charge in [-0.15, -0.1) is 0 Å².